The summed E-state index contributed by atoms with van der Waals surface area (Å²) in [6, 6.07) is 6.58. The topological polar surface area (TPSA) is 33.4 Å². The lowest BCUT2D eigenvalue weighted by molar-refractivity contribution is 0.265. The summed E-state index contributed by atoms with van der Waals surface area (Å²) in [5.74, 6) is 1.51. The Kier molecular flexibility index (Phi) is 3.21. The zero-order valence-electron chi connectivity index (χ0n) is 13.8. The molecule has 2 nitrogen and oxygen atoms in total. The first-order valence-corrected chi connectivity index (χ1v) is 7.98. The van der Waals surface area contributed by atoms with Crippen molar-refractivity contribution in [2.24, 2.45) is 5.92 Å². The van der Waals surface area contributed by atoms with E-state index in [1.807, 2.05) is 0 Å². The Morgan fingerprint density at radius 3 is 2.57 bits per heavy atom. The van der Waals surface area contributed by atoms with E-state index in [4.69, 9.17) is 4.42 Å². The molecule has 0 bridgehead atoms. The van der Waals surface area contributed by atoms with Crippen LogP contribution in [0.2, 0.25) is 0 Å². The summed E-state index contributed by atoms with van der Waals surface area (Å²) < 4.78 is 6.07. The predicted molar refractivity (Wildman–Crippen MR) is 86.8 cm³/mol. The first-order chi connectivity index (χ1) is 9.81. The molecule has 1 aliphatic carbocycles. The van der Waals surface area contributed by atoms with Crippen molar-refractivity contribution < 1.29 is 9.52 Å². The van der Waals surface area contributed by atoms with Crippen molar-refractivity contribution in [2.75, 3.05) is 6.61 Å². The molecule has 1 aromatic carbocycles. The fourth-order valence-corrected chi connectivity index (χ4v) is 3.65. The van der Waals surface area contributed by atoms with Gasteiger partial charge in [-0.05, 0) is 40.9 Å². The third kappa shape index (κ3) is 2.20. The fourth-order valence-electron chi connectivity index (χ4n) is 3.65. The summed E-state index contributed by atoms with van der Waals surface area (Å²) >= 11 is 0. The molecule has 0 aliphatic heterocycles. The van der Waals surface area contributed by atoms with Gasteiger partial charge in [0.2, 0.25) is 0 Å². The van der Waals surface area contributed by atoms with Crippen molar-refractivity contribution >= 4 is 11.0 Å². The molecule has 1 aromatic heterocycles. The van der Waals surface area contributed by atoms with Crippen LogP contribution in [0.4, 0.5) is 0 Å². The lowest BCUT2D eigenvalue weighted by Crippen LogP contribution is -2.13. The van der Waals surface area contributed by atoms with E-state index >= 15 is 0 Å². The molecule has 1 N–H and O–H groups in total. The monoisotopic (exact) mass is 286 g/mol. The van der Waals surface area contributed by atoms with Crippen molar-refractivity contribution in [3.8, 4) is 0 Å². The number of hydrogen-bond acceptors (Lipinski definition) is 2. The molecule has 1 saturated carbocycles. The molecule has 2 aromatic rings. The molecule has 1 heterocycles. The number of rotatable bonds is 3. The highest BCUT2D eigenvalue weighted by Gasteiger charge is 2.50. The van der Waals surface area contributed by atoms with Gasteiger partial charge in [0.1, 0.15) is 11.3 Å². The van der Waals surface area contributed by atoms with E-state index in [-0.39, 0.29) is 17.4 Å². The molecular formula is C19H26O2. The lowest BCUT2D eigenvalue weighted by Gasteiger charge is -2.19. The molecule has 0 saturated heterocycles. The molecule has 2 atom stereocenters. The Balaban J connectivity index is 2.17. The zero-order valence-corrected chi connectivity index (χ0v) is 13.8. The summed E-state index contributed by atoms with van der Waals surface area (Å²) in [6.45, 7) is 11.4. The molecule has 0 unspecified atom stereocenters. The van der Waals surface area contributed by atoms with Gasteiger partial charge in [0, 0.05) is 24.0 Å². The molecule has 1 fully saturated rings. The molecular weight excluding hydrogens is 260 g/mol. The van der Waals surface area contributed by atoms with E-state index in [1.54, 1.807) is 0 Å². The largest absolute Gasteiger partial charge is 0.461 e. The van der Waals surface area contributed by atoms with Crippen molar-refractivity contribution in [1.82, 2.24) is 0 Å². The van der Waals surface area contributed by atoms with E-state index < -0.39 is 0 Å². The Morgan fingerprint density at radius 2 is 2.05 bits per heavy atom. The van der Waals surface area contributed by atoms with Gasteiger partial charge in [-0.15, -0.1) is 0 Å². The van der Waals surface area contributed by atoms with Crippen LogP contribution in [0.15, 0.2) is 22.6 Å². The highest BCUT2D eigenvalue weighted by atomic mass is 16.3. The van der Waals surface area contributed by atoms with Crippen LogP contribution in [0, 0.1) is 5.92 Å². The van der Waals surface area contributed by atoms with E-state index in [0.717, 1.165) is 24.2 Å². The van der Waals surface area contributed by atoms with E-state index in [1.165, 1.54) is 16.5 Å². The van der Waals surface area contributed by atoms with Crippen LogP contribution >= 0.6 is 0 Å². The number of aliphatic hydroxyl groups is 1. The Hall–Kier alpha value is -1.28. The van der Waals surface area contributed by atoms with Crippen molar-refractivity contribution in [1.29, 1.82) is 0 Å². The van der Waals surface area contributed by atoms with Gasteiger partial charge in [-0.2, -0.15) is 0 Å². The molecule has 0 spiro atoms. The second-order valence-corrected chi connectivity index (χ2v) is 7.72. The van der Waals surface area contributed by atoms with Gasteiger partial charge in [-0.1, -0.05) is 40.7 Å². The van der Waals surface area contributed by atoms with Gasteiger partial charge in [-0.25, -0.2) is 0 Å². The Morgan fingerprint density at radius 1 is 1.33 bits per heavy atom. The smallest absolute Gasteiger partial charge is 0.134 e. The third-order valence-corrected chi connectivity index (χ3v) is 5.12. The third-order valence-electron chi connectivity index (χ3n) is 5.12. The zero-order chi connectivity index (χ0) is 15.4. The minimum atomic E-state index is 0.0794. The van der Waals surface area contributed by atoms with Crippen LogP contribution in [0.5, 0.6) is 0 Å². The maximum atomic E-state index is 9.42. The number of hydrogen-bond donors (Lipinski definition) is 1. The minimum absolute atomic E-state index is 0.0794. The van der Waals surface area contributed by atoms with Crippen LogP contribution < -0.4 is 0 Å². The van der Waals surface area contributed by atoms with Gasteiger partial charge in [0.05, 0.1) is 0 Å². The van der Waals surface area contributed by atoms with Crippen LogP contribution in [-0.4, -0.2) is 11.7 Å². The molecule has 0 amide bonds. The van der Waals surface area contributed by atoms with Crippen molar-refractivity contribution in [3.63, 3.8) is 0 Å². The molecule has 21 heavy (non-hydrogen) atoms. The number of aliphatic hydroxyl groups excluding tert-OH is 1. The molecule has 114 valence electrons. The number of benzene rings is 1. The van der Waals surface area contributed by atoms with Gasteiger partial charge >= 0.3 is 0 Å². The average Bonchev–Trinajstić information content (AvgIpc) is 2.95. The van der Waals surface area contributed by atoms with Gasteiger partial charge in [0.15, 0.2) is 0 Å². The van der Waals surface area contributed by atoms with Crippen LogP contribution in [-0.2, 0) is 17.3 Å². The first-order valence-electron chi connectivity index (χ1n) is 7.98. The Labute approximate surface area is 127 Å². The van der Waals surface area contributed by atoms with Crippen molar-refractivity contribution in [3.05, 3.63) is 35.1 Å². The number of aryl methyl sites for hydroxylation is 1. The molecule has 2 heteroatoms. The van der Waals surface area contributed by atoms with Crippen LogP contribution in [0.1, 0.15) is 57.9 Å². The SMILES string of the molecule is CCc1oc2ccc([C@@]3(C)C[C@H]3CO)cc2c1C(C)(C)C. The van der Waals surface area contributed by atoms with Crippen LogP contribution in [0.25, 0.3) is 11.0 Å². The highest BCUT2D eigenvalue weighted by Crippen LogP contribution is 2.54. The number of furan rings is 1. The normalized spacial score (nSPS) is 25.5. The maximum Gasteiger partial charge on any atom is 0.134 e. The first kappa shape index (κ1) is 14.6. The Bertz CT molecular complexity index is 675. The number of fused-ring (bicyclic) bond motifs is 1. The quantitative estimate of drug-likeness (QED) is 0.897. The summed E-state index contributed by atoms with van der Waals surface area (Å²) in [5.41, 5.74) is 3.89. The minimum Gasteiger partial charge on any atom is -0.461 e. The summed E-state index contributed by atoms with van der Waals surface area (Å²) in [4.78, 5) is 0. The summed E-state index contributed by atoms with van der Waals surface area (Å²) in [7, 11) is 0. The predicted octanol–water partition coefficient (Wildman–Crippen LogP) is 4.56. The second-order valence-electron chi connectivity index (χ2n) is 7.72. The molecule has 1 aliphatic rings. The van der Waals surface area contributed by atoms with E-state index in [2.05, 4.69) is 52.8 Å². The van der Waals surface area contributed by atoms with Crippen LogP contribution in [0.3, 0.4) is 0 Å². The van der Waals surface area contributed by atoms with E-state index in [9.17, 15) is 5.11 Å². The second kappa shape index (κ2) is 4.61. The van der Waals surface area contributed by atoms with Gasteiger partial charge in [-0.3, -0.25) is 0 Å². The molecule has 0 radical (unpaired) electrons. The fraction of sp³-hybridized carbons (Fsp3) is 0.579. The standard InChI is InChI=1S/C19H26O2/c1-6-15-17(18(2,3)4)14-9-12(7-8-16(14)21-15)19(5)10-13(19)11-20/h7-9,13,20H,6,10-11H2,1-5H3/t13-,19+/m0/s1. The summed E-state index contributed by atoms with van der Waals surface area (Å²) in [5, 5.41) is 10.7. The lowest BCUT2D eigenvalue weighted by atomic mass is 9.83. The highest BCUT2D eigenvalue weighted by molar-refractivity contribution is 5.84. The van der Waals surface area contributed by atoms with Gasteiger partial charge in [0.25, 0.3) is 0 Å². The van der Waals surface area contributed by atoms with E-state index in [0.29, 0.717) is 5.92 Å². The molecule has 3 rings (SSSR count). The average molecular weight is 286 g/mol. The summed E-state index contributed by atoms with van der Waals surface area (Å²) in [6.07, 6.45) is 2.01. The van der Waals surface area contributed by atoms with Gasteiger partial charge < -0.3 is 9.52 Å². The van der Waals surface area contributed by atoms with Crippen molar-refractivity contribution in [2.45, 2.75) is 58.3 Å². The maximum absolute atomic E-state index is 9.42.